The van der Waals surface area contributed by atoms with E-state index in [1.165, 1.54) is 12.1 Å². The van der Waals surface area contributed by atoms with E-state index in [9.17, 15) is 14.9 Å². The van der Waals surface area contributed by atoms with Gasteiger partial charge in [-0.15, -0.1) is 0 Å². The molecular weight excluding hydrogens is 312 g/mol. The number of benzene rings is 1. The highest BCUT2D eigenvalue weighted by Crippen LogP contribution is 2.22. The molecule has 1 rings (SSSR count). The van der Waals surface area contributed by atoms with Gasteiger partial charge in [0.2, 0.25) is 0 Å². The molecular formula is C13H17BrN2O3. The second kappa shape index (κ2) is 6.14. The van der Waals surface area contributed by atoms with E-state index in [2.05, 4.69) is 21.2 Å². The van der Waals surface area contributed by atoms with Gasteiger partial charge in [-0.1, -0.05) is 22.0 Å². The third-order valence-electron chi connectivity index (χ3n) is 2.92. The van der Waals surface area contributed by atoms with Crippen molar-refractivity contribution in [3.63, 3.8) is 0 Å². The molecule has 104 valence electrons. The molecule has 0 heterocycles. The minimum atomic E-state index is -0.476. The molecule has 1 N–H and O–H groups in total. The number of nitrogens with one attached hydrogen (secondary N) is 1. The van der Waals surface area contributed by atoms with Crippen molar-refractivity contribution in [2.24, 2.45) is 0 Å². The van der Waals surface area contributed by atoms with E-state index in [0.717, 1.165) is 11.8 Å². The molecule has 0 aliphatic heterocycles. The maximum atomic E-state index is 12.2. The van der Waals surface area contributed by atoms with E-state index in [4.69, 9.17) is 0 Å². The monoisotopic (exact) mass is 328 g/mol. The Hall–Kier alpha value is -1.43. The topological polar surface area (TPSA) is 72.2 Å². The Kier molecular flexibility index (Phi) is 5.05. The van der Waals surface area contributed by atoms with Crippen molar-refractivity contribution < 1.29 is 9.72 Å². The molecule has 0 atom stereocenters. The van der Waals surface area contributed by atoms with Crippen LogP contribution in [0.3, 0.4) is 0 Å². The molecule has 5 nitrogen and oxygen atoms in total. The lowest BCUT2D eigenvalue weighted by Gasteiger charge is -2.25. The number of halogens is 1. The summed E-state index contributed by atoms with van der Waals surface area (Å²) >= 11 is 3.34. The number of nitro benzene ring substituents is 1. The normalized spacial score (nSPS) is 11.2. The van der Waals surface area contributed by atoms with E-state index in [-0.39, 0.29) is 17.1 Å². The van der Waals surface area contributed by atoms with E-state index >= 15 is 0 Å². The Labute approximate surface area is 120 Å². The molecule has 0 aliphatic rings. The zero-order valence-electron chi connectivity index (χ0n) is 11.2. The van der Waals surface area contributed by atoms with Crippen molar-refractivity contribution >= 4 is 27.5 Å². The van der Waals surface area contributed by atoms with Crippen LogP contribution in [0, 0.1) is 17.0 Å². The number of nitrogens with zero attached hydrogens (tertiary/aromatic N) is 1. The summed E-state index contributed by atoms with van der Waals surface area (Å²) in [5, 5.41) is 14.5. The van der Waals surface area contributed by atoms with E-state index in [1.807, 2.05) is 13.8 Å². The van der Waals surface area contributed by atoms with Crippen molar-refractivity contribution in [1.82, 2.24) is 5.32 Å². The number of alkyl halides is 1. The van der Waals surface area contributed by atoms with Crippen molar-refractivity contribution in [1.29, 1.82) is 0 Å². The fourth-order valence-electron chi connectivity index (χ4n) is 1.74. The first-order chi connectivity index (χ1) is 8.78. The number of carbonyl (C=O) groups excluding carboxylic acids is 1. The van der Waals surface area contributed by atoms with Gasteiger partial charge in [-0.05, 0) is 33.3 Å². The van der Waals surface area contributed by atoms with Gasteiger partial charge in [-0.2, -0.15) is 0 Å². The van der Waals surface area contributed by atoms with Crippen LogP contribution in [0.25, 0.3) is 0 Å². The van der Waals surface area contributed by atoms with Gasteiger partial charge in [0, 0.05) is 28.1 Å². The highest BCUT2D eigenvalue weighted by Gasteiger charge is 2.23. The fourth-order valence-corrected chi connectivity index (χ4v) is 2.73. The average Bonchev–Trinajstić information content (AvgIpc) is 2.27. The summed E-state index contributed by atoms with van der Waals surface area (Å²) < 4.78 is 0. The van der Waals surface area contributed by atoms with E-state index in [1.54, 1.807) is 13.0 Å². The van der Waals surface area contributed by atoms with Gasteiger partial charge in [0.25, 0.3) is 11.6 Å². The third-order valence-corrected chi connectivity index (χ3v) is 3.31. The van der Waals surface area contributed by atoms with Crippen LogP contribution in [0.15, 0.2) is 18.2 Å². The lowest BCUT2D eigenvalue weighted by atomic mass is 10.00. The molecule has 0 radical (unpaired) electrons. The molecule has 6 heteroatoms. The zero-order valence-corrected chi connectivity index (χ0v) is 12.8. The smallest absolute Gasteiger partial charge is 0.273 e. The Balaban J connectivity index is 3.01. The van der Waals surface area contributed by atoms with Gasteiger partial charge in [-0.3, -0.25) is 14.9 Å². The molecule has 0 saturated heterocycles. The van der Waals surface area contributed by atoms with Crippen molar-refractivity contribution in [3.8, 4) is 0 Å². The standard InChI is InChI=1S/C13H17BrN2O3/c1-9-10(5-4-6-11(9)16(18)19)12(17)15-13(2,3)7-8-14/h4-6H,7-8H2,1-3H3,(H,15,17). The average molecular weight is 329 g/mol. The zero-order chi connectivity index (χ0) is 14.6. The fraction of sp³-hybridized carbons (Fsp3) is 0.462. The summed E-state index contributed by atoms with van der Waals surface area (Å²) in [4.78, 5) is 22.6. The second-order valence-corrected chi connectivity index (χ2v) is 5.78. The van der Waals surface area contributed by atoms with Crippen LogP contribution in [0.5, 0.6) is 0 Å². The molecule has 0 bridgehead atoms. The molecule has 0 unspecified atom stereocenters. The predicted molar refractivity (Wildman–Crippen MR) is 77.8 cm³/mol. The molecule has 0 aromatic heterocycles. The quantitative estimate of drug-likeness (QED) is 0.512. The summed E-state index contributed by atoms with van der Waals surface area (Å²) in [7, 11) is 0. The SMILES string of the molecule is Cc1c(C(=O)NC(C)(C)CCBr)cccc1[N+](=O)[O-]. The second-order valence-electron chi connectivity index (χ2n) is 4.98. The highest BCUT2D eigenvalue weighted by molar-refractivity contribution is 9.09. The lowest BCUT2D eigenvalue weighted by molar-refractivity contribution is -0.385. The Morgan fingerprint density at radius 2 is 2.11 bits per heavy atom. The molecule has 1 amide bonds. The number of hydrogen-bond donors (Lipinski definition) is 1. The van der Waals surface area contributed by atoms with Crippen LogP contribution in [0.2, 0.25) is 0 Å². The summed E-state index contributed by atoms with van der Waals surface area (Å²) in [6.07, 6.45) is 0.771. The molecule has 1 aromatic rings. The van der Waals surface area contributed by atoms with E-state index < -0.39 is 4.92 Å². The first kappa shape index (κ1) is 15.6. The van der Waals surface area contributed by atoms with Crippen LogP contribution in [-0.2, 0) is 0 Å². The number of hydrogen-bond acceptors (Lipinski definition) is 3. The maximum absolute atomic E-state index is 12.2. The molecule has 0 saturated carbocycles. The molecule has 1 aromatic carbocycles. The van der Waals surface area contributed by atoms with Crippen molar-refractivity contribution in [2.45, 2.75) is 32.7 Å². The van der Waals surface area contributed by atoms with Gasteiger partial charge in [0.1, 0.15) is 0 Å². The minimum Gasteiger partial charge on any atom is -0.347 e. The number of rotatable bonds is 5. The Morgan fingerprint density at radius 1 is 1.47 bits per heavy atom. The van der Waals surface area contributed by atoms with Crippen LogP contribution in [0.1, 0.15) is 36.2 Å². The van der Waals surface area contributed by atoms with Gasteiger partial charge in [0.15, 0.2) is 0 Å². The summed E-state index contributed by atoms with van der Waals surface area (Å²) in [5.41, 5.74) is 0.333. The van der Waals surface area contributed by atoms with Crippen LogP contribution < -0.4 is 5.32 Å². The number of amides is 1. The van der Waals surface area contributed by atoms with E-state index in [0.29, 0.717) is 11.1 Å². The third kappa shape index (κ3) is 4.02. The minimum absolute atomic E-state index is 0.0362. The Morgan fingerprint density at radius 3 is 2.63 bits per heavy atom. The Bertz CT molecular complexity index is 501. The molecule has 0 spiro atoms. The largest absolute Gasteiger partial charge is 0.347 e. The summed E-state index contributed by atoms with van der Waals surface area (Å²) in [5.74, 6) is -0.285. The lowest BCUT2D eigenvalue weighted by Crippen LogP contribution is -2.43. The first-order valence-corrected chi connectivity index (χ1v) is 7.03. The van der Waals surface area contributed by atoms with Gasteiger partial charge in [0.05, 0.1) is 4.92 Å². The number of carbonyl (C=O) groups is 1. The van der Waals surface area contributed by atoms with Crippen LogP contribution >= 0.6 is 15.9 Å². The highest BCUT2D eigenvalue weighted by atomic mass is 79.9. The summed E-state index contributed by atoms with van der Waals surface area (Å²) in [6.45, 7) is 5.42. The van der Waals surface area contributed by atoms with Crippen molar-refractivity contribution in [2.75, 3.05) is 5.33 Å². The van der Waals surface area contributed by atoms with Gasteiger partial charge in [-0.25, -0.2) is 0 Å². The van der Waals surface area contributed by atoms with Crippen molar-refractivity contribution in [3.05, 3.63) is 39.4 Å². The molecule has 0 fully saturated rings. The molecule has 0 aliphatic carbocycles. The first-order valence-electron chi connectivity index (χ1n) is 5.91. The van der Waals surface area contributed by atoms with Gasteiger partial charge >= 0.3 is 0 Å². The number of nitro groups is 1. The summed E-state index contributed by atoms with van der Waals surface area (Å²) in [6, 6.07) is 4.52. The van der Waals surface area contributed by atoms with Gasteiger partial charge < -0.3 is 5.32 Å². The van der Waals surface area contributed by atoms with Crippen LogP contribution in [0.4, 0.5) is 5.69 Å². The van der Waals surface area contributed by atoms with Crippen LogP contribution in [-0.4, -0.2) is 21.7 Å². The predicted octanol–water partition coefficient (Wildman–Crippen LogP) is 3.20. The molecule has 19 heavy (non-hydrogen) atoms. The maximum Gasteiger partial charge on any atom is 0.273 e.